The Hall–Kier alpha value is -2.92. The number of pyridine rings is 1. The molecule has 0 radical (unpaired) electrons. The molecule has 0 amide bonds. The first-order valence-electron chi connectivity index (χ1n) is 11.9. The van der Waals surface area contributed by atoms with Crippen LogP contribution in [0.4, 0.5) is 11.4 Å². The summed E-state index contributed by atoms with van der Waals surface area (Å²) in [6.07, 6.45) is 0.691. The molecule has 4 N–H and O–H groups in total. The minimum atomic E-state index is -1.09. The number of fused-ring (bicyclic) bond motifs is 1. The van der Waals surface area contributed by atoms with Crippen LogP contribution in [0.15, 0.2) is 35.3 Å². The van der Waals surface area contributed by atoms with E-state index in [1.54, 1.807) is 11.6 Å². The van der Waals surface area contributed by atoms with E-state index in [4.69, 9.17) is 4.74 Å². The average Bonchev–Trinajstić information content (AvgIpc) is 3.16. The Bertz CT molecular complexity index is 1110. The summed E-state index contributed by atoms with van der Waals surface area (Å²) in [5.74, 6) is -1.09. The predicted molar refractivity (Wildman–Crippen MR) is 134 cm³/mol. The van der Waals surface area contributed by atoms with Gasteiger partial charge in [-0.2, -0.15) is 0 Å². The third-order valence-corrected chi connectivity index (χ3v) is 6.88. The molecule has 2 aliphatic rings. The highest BCUT2D eigenvalue weighted by atomic mass is 16.5. The quantitative estimate of drug-likeness (QED) is 0.432. The standard InChI is InChI=1S/C25H35N5O5/c1-15-9-18(12-29(4)24(15)32)23-27-20-10-17(11-26-22(16(2)31)25(33)34)5-6-21(20)30(23)13-19-14-35-8-7-28(19)3/h5-6,9-10,12,16,19,22-23,26-27,31H,7-8,11,13-14H2,1-4H3,(H,33,34). The SMILES string of the molecule is Cc1cc(C2Nc3cc(CNC(C(=O)O)C(C)O)ccc3N2CC2COCCN2C)cn(C)c1=O. The Kier molecular flexibility index (Phi) is 7.46. The molecule has 4 atom stereocenters. The van der Waals surface area contributed by atoms with Crippen molar-refractivity contribution in [3.8, 4) is 0 Å². The zero-order valence-electron chi connectivity index (χ0n) is 20.7. The first kappa shape index (κ1) is 25.2. The van der Waals surface area contributed by atoms with Gasteiger partial charge in [-0.15, -0.1) is 0 Å². The molecule has 0 aliphatic carbocycles. The summed E-state index contributed by atoms with van der Waals surface area (Å²) in [4.78, 5) is 28.3. The number of aliphatic carboxylic acids is 1. The van der Waals surface area contributed by atoms with Gasteiger partial charge >= 0.3 is 5.97 Å². The van der Waals surface area contributed by atoms with Crippen LogP contribution in [0.2, 0.25) is 0 Å². The van der Waals surface area contributed by atoms with E-state index in [1.807, 2.05) is 37.4 Å². The average molecular weight is 486 g/mol. The fourth-order valence-corrected chi connectivity index (χ4v) is 4.80. The molecule has 4 unspecified atom stereocenters. The van der Waals surface area contributed by atoms with E-state index in [0.29, 0.717) is 18.7 Å². The van der Waals surface area contributed by atoms with Crippen LogP contribution in [-0.2, 0) is 23.1 Å². The summed E-state index contributed by atoms with van der Waals surface area (Å²) >= 11 is 0. The molecule has 2 aliphatic heterocycles. The first-order chi connectivity index (χ1) is 16.7. The molecule has 3 heterocycles. The van der Waals surface area contributed by atoms with Gasteiger partial charge in [0.05, 0.1) is 36.7 Å². The first-order valence-corrected chi connectivity index (χ1v) is 11.9. The number of carboxylic acids is 1. The van der Waals surface area contributed by atoms with Crippen molar-refractivity contribution in [2.45, 2.75) is 44.7 Å². The molecule has 1 fully saturated rings. The fourth-order valence-electron chi connectivity index (χ4n) is 4.80. The fraction of sp³-hybridized carbons (Fsp3) is 0.520. The van der Waals surface area contributed by atoms with Crippen LogP contribution in [0.5, 0.6) is 0 Å². The predicted octanol–water partition coefficient (Wildman–Crippen LogP) is 0.879. The molecule has 10 heteroatoms. The van der Waals surface area contributed by atoms with Gasteiger partial charge in [0.1, 0.15) is 12.2 Å². The van der Waals surface area contributed by atoms with Crippen LogP contribution >= 0.6 is 0 Å². The highest BCUT2D eigenvalue weighted by Crippen LogP contribution is 2.42. The number of hydrogen-bond acceptors (Lipinski definition) is 8. The van der Waals surface area contributed by atoms with Crippen molar-refractivity contribution in [2.24, 2.45) is 7.05 Å². The highest BCUT2D eigenvalue weighted by Gasteiger charge is 2.34. The number of nitrogens with zero attached hydrogens (tertiary/aromatic N) is 3. The molecule has 10 nitrogen and oxygen atoms in total. The van der Waals surface area contributed by atoms with E-state index in [-0.39, 0.29) is 17.8 Å². The number of carboxylic acid groups (broad SMARTS) is 1. The molecule has 0 bridgehead atoms. The van der Waals surface area contributed by atoms with Gasteiger partial charge in [-0.1, -0.05) is 6.07 Å². The van der Waals surface area contributed by atoms with E-state index in [2.05, 4.69) is 27.5 Å². The maximum atomic E-state index is 12.3. The van der Waals surface area contributed by atoms with Gasteiger partial charge < -0.3 is 29.7 Å². The topological polar surface area (TPSA) is 119 Å². The number of anilines is 2. The van der Waals surface area contributed by atoms with Crippen LogP contribution < -0.4 is 21.1 Å². The lowest BCUT2D eigenvalue weighted by atomic mass is 10.1. The molecule has 2 aromatic rings. The van der Waals surface area contributed by atoms with Crippen molar-refractivity contribution in [3.63, 3.8) is 0 Å². The molecule has 0 saturated carbocycles. The summed E-state index contributed by atoms with van der Waals surface area (Å²) in [6.45, 7) is 6.58. The smallest absolute Gasteiger partial charge is 0.323 e. The van der Waals surface area contributed by atoms with Crippen molar-refractivity contribution in [3.05, 3.63) is 57.5 Å². The minimum absolute atomic E-state index is 0.0179. The maximum Gasteiger partial charge on any atom is 0.323 e. The third-order valence-electron chi connectivity index (χ3n) is 6.88. The van der Waals surface area contributed by atoms with Crippen molar-refractivity contribution in [1.82, 2.24) is 14.8 Å². The van der Waals surface area contributed by atoms with Crippen LogP contribution in [0.1, 0.15) is 29.8 Å². The Morgan fingerprint density at radius 3 is 2.74 bits per heavy atom. The lowest BCUT2D eigenvalue weighted by Crippen LogP contribution is -2.50. The highest BCUT2D eigenvalue weighted by molar-refractivity contribution is 5.78. The van der Waals surface area contributed by atoms with E-state index in [1.165, 1.54) is 6.92 Å². The van der Waals surface area contributed by atoms with Crippen molar-refractivity contribution < 1.29 is 19.7 Å². The van der Waals surface area contributed by atoms with E-state index < -0.39 is 18.1 Å². The molecule has 35 heavy (non-hydrogen) atoms. The summed E-state index contributed by atoms with van der Waals surface area (Å²) in [7, 11) is 3.87. The zero-order valence-corrected chi connectivity index (χ0v) is 20.7. The Morgan fingerprint density at radius 2 is 2.09 bits per heavy atom. The summed E-state index contributed by atoms with van der Waals surface area (Å²) in [5, 5.41) is 25.6. The molecular formula is C25H35N5O5. The second-order valence-corrected chi connectivity index (χ2v) is 9.57. The van der Waals surface area contributed by atoms with Gasteiger partial charge in [0.2, 0.25) is 0 Å². The van der Waals surface area contributed by atoms with Gasteiger partial charge in [-0.25, -0.2) is 0 Å². The monoisotopic (exact) mass is 485 g/mol. The Labute approximate surface area is 205 Å². The normalized spacial score (nSPS) is 21.9. The van der Waals surface area contributed by atoms with Crippen molar-refractivity contribution >= 4 is 17.3 Å². The zero-order chi connectivity index (χ0) is 25.3. The van der Waals surface area contributed by atoms with Crippen LogP contribution in [0, 0.1) is 6.92 Å². The van der Waals surface area contributed by atoms with Gasteiger partial charge in [0.25, 0.3) is 5.56 Å². The number of hydrogen-bond donors (Lipinski definition) is 4. The molecule has 1 aromatic carbocycles. The van der Waals surface area contributed by atoms with Crippen LogP contribution in [-0.4, -0.2) is 77.2 Å². The number of nitrogens with one attached hydrogen (secondary N) is 2. The lowest BCUT2D eigenvalue weighted by molar-refractivity contribution is -0.142. The number of aryl methyl sites for hydroxylation is 2. The van der Waals surface area contributed by atoms with Gasteiger partial charge in [-0.3, -0.25) is 19.8 Å². The van der Waals surface area contributed by atoms with E-state index >= 15 is 0 Å². The number of aliphatic hydroxyl groups excluding tert-OH is 1. The van der Waals surface area contributed by atoms with Gasteiger partial charge in [0, 0.05) is 44.0 Å². The second-order valence-electron chi connectivity index (χ2n) is 9.57. The van der Waals surface area contributed by atoms with Crippen LogP contribution in [0.25, 0.3) is 0 Å². The number of ether oxygens (including phenoxy) is 1. The summed E-state index contributed by atoms with van der Waals surface area (Å²) in [5.41, 5.74) is 4.52. The molecule has 1 saturated heterocycles. The largest absolute Gasteiger partial charge is 0.480 e. The number of aliphatic hydroxyl groups is 1. The third kappa shape index (κ3) is 5.35. The lowest BCUT2D eigenvalue weighted by Gasteiger charge is -2.37. The Balaban J connectivity index is 1.63. The number of aromatic nitrogens is 1. The number of rotatable bonds is 8. The number of likely N-dealkylation sites (N-methyl/N-ethyl adjacent to an activating group) is 1. The molecule has 190 valence electrons. The van der Waals surface area contributed by atoms with E-state index in [9.17, 15) is 19.8 Å². The maximum absolute atomic E-state index is 12.3. The van der Waals surface area contributed by atoms with Gasteiger partial charge in [-0.05, 0) is 44.7 Å². The molecule has 1 aromatic heterocycles. The summed E-state index contributed by atoms with van der Waals surface area (Å²) in [6, 6.07) is 7.12. The number of carbonyl (C=O) groups is 1. The molecule has 4 rings (SSSR count). The number of benzene rings is 1. The minimum Gasteiger partial charge on any atom is -0.480 e. The van der Waals surface area contributed by atoms with Crippen molar-refractivity contribution in [2.75, 3.05) is 43.6 Å². The van der Waals surface area contributed by atoms with Gasteiger partial charge in [0.15, 0.2) is 0 Å². The molecule has 0 spiro atoms. The van der Waals surface area contributed by atoms with Crippen LogP contribution in [0.3, 0.4) is 0 Å². The Morgan fingerprint density at radius 1 is 1.31 bits per heavy atom. The van der Waals surface area contributed by atoms with E-state index in [0.717, 1.165) is 42.2 Å². The van der Waals surface area contributed by atoms with Crippen molar-refractivity contribution in [1.29, 1.82) is 0 Å². The number of morpholine rings is 1. The summed E-state index contributed by atoms with van der Waals surface area (Å²) < 4.78 is 7.36. The second kappa shape index (κ2) is 10.4. The molecular weight excluding hydrogens is 450 g/mol.